The van der Waals surface area contributed by atoms with Gasteiger partial charge in [-0.25, -0.2) is 4.39 Å². The van der Waals surface area contributed by atoms with Crippen LogP contribution in [-0.2, 0) is 11.2 Å². The third-order valence-corrected chi connectivity index (χ3v) is 5.07. The number of hydrogen-bond acceptors (Lipinski definition) is 3. The Hall–Kier alpha value is -0.970. The Labute approximate surface area is 125 Å². The van der Waals surface area contributed by atoms with Crippen LogP contribution in [0.15, 0.2) is 24.3 Å². The van der Waals surface area contributed by atoms with Crippen molar-refractivity contribution in [2.75, 3.05) is 26.3 Å². The first-order chi connectivity index (χ1) is 10.2. The van der Waals surface area contributed by atoms with E-state index in [1.807, 2.05) is 0 Å². The van der Waals surface area contributed by atoms with Crippen molar-refractivity contribution in [2.45, 2.75) is 43.7 Å². The van der Waals surface area contributed by atoms with Crippen LogP contribution in [0, 0.1) is 5.82 Å². The van der Waals surface area contributed by atoms with Gasteiger partial charge >= 0.3 is 0 Å². The quantitative estimate of drug-likeness (QED) is 0.925. The van der Waals surface area contributed by atoms with Gasteiger partial charge in [-0.3, -0.25) is 4.90 Å². The van der Waals surface area contributed by atoms with Crippen LogP contribution in [0.1, 0.15) is 31.2 Å². The lowest BCUT2D eigenvalue weighted by Gasteiger charge is -2.46. The first-order valence-corrected chi connectivity index (χ1v) is 7.96. The van der Waals surface area contributed by atoms with Gasteiger partial charge in [0.25, 0.3) is 0 Å². The van der Waals surface area contributed by atoms with Gasteiger partial charge in [0.05, 0.1) is 19.3 Å². The number of rotatable bonds is 4. The molecule has 1 heterocycles. The van der Waals surface area contributed by atoms with E-state index >= 15 is 0 Å². The molecule has 0 aromatic heterocycles. The first-order valence-electron chi connectivity index (χ1n) is 7.96. The molecule has 1 atom stereocenters. The fourth-order valence-electron chi connectivity index (χ4n) is 3.89. The number of nitrogens with zero attached hydrogens (tertiary/aromatic N) is 1. The maximum absolute atomic E-state index is 13.0. The molecule has 1 aliphatic carbocycles. The maximum atomic E-state index is 13.0. The van der Waals surface area contributed by atoms with Crippen molar-refractivity contribution < 1.29 is 14.2 Å². The van der Waals surface area contributed by atoms with E-state index in [1.54, 1.807) is 12.1 Å². The van der Waals surface area contributed by atoms with E-state index in [-0.39, 0.29) is 11.4 Å². The standard InChI is InChI=1S/C17H24FNO2/c18-15-5-3-14(4-6-15)13-16(20)17(7-1-2-8-17)19-9-11-21-12-10-19/h3-6,16,20H,1-2,7-13H2. The van der Waals surface area contributed by atoms with E-state index in [1.165, 1.54) is 25.0 Å². The summed E-state index contributed by atoms with van der Waals surface area (Å²) in [5.74, 6) is -0.225. The average Bonchev–Trinajstić information content (AvgIpc) is 3.01. The summed E-state index contributed by atoms with van der Waals surface area (Å²) in [7, 11) is 0. The Bertz CT molecular complexity index is 450. The molecular weight excluding hydrogens is 269 g/mol. The zero-order valence-corrected chi connectivity index (χ0v) is 12.4. The highest BCUT2D eigenvalue weighted by Gasteiger charge is 2.45. The summed E-state index contributed by atoms with van der Waals surface area (Å²) in [5, 5.41) is 10.9. The van der Waals surface area contributed by atoms with Crippen molar-refractivity contribution in [1.82, 2.24) is 4.90 Å². The minimum absolute atomic E-state index is 0.113. The van der Waals surface area contributed by atoms with E-state index in [2.05, 4.69) is 4.90 Å². The lowest BCUT2D eigenvalue weighted by Crippen LogP contribution is -2.59. The highest BCUT2D eigenvalue weighted by molar-refractivity contribution is 5.18. The monoisotopic (exact) mass is 293 g/mol. The van der Waals surface area contributed by atoms with Crippen molar-refractivity contribution in [3.63, 3.8) is 0 Å². The number of benzene rings is 1. The van der Waals surface area contributed by atoms with E-state index < -0.39 is 6.10 Å². The predicted octanol–water partition coefficient (Wildman–Crippen LogP) is 2.37. The normalized spacial score (nSPS) is 24.1. The van der Waals surface area contributed by atoms with Crippen LogP contribution < -0.4 is 0 Å². The van der Waals surface area contributed by atoms with Crippen LogP contribution in [0.25, 0.3) is 0 Å². The average molecular weight is 293 g/mol. The maximum Gasteiger partial charge on any atom is 0.123 e. The molecule has 1 aromatic carbocycles. The van der Waals surface area contributed by atoms with Gasteiger partial charge in [-0.2, -0.15) is 0 Å². The lowest BCUT2D eigenvalue weighted by molar-refractivity contribution is -0.0753. The molecule has 1 aliphatic heterocycles. The molecule has 1 saturated heterocycles. The number of hydrogen-bond donors (Lipinski definition) is 1. The second-order valence-corrected chi connectivity index (χ2v) is 6.26. The van der Waals surface area contributed by atoms with Crippen LogP contribution in [0.4, 0.5) is 4.39 Å². The summed E-state index contributed by atoms with van der Waals surface area (Å²) < 4.78 is 18.5. The van der Waals surface area contributed by atoms with Crippen LogP contribution in [0.3, 0.4) is 0 Å². The molecule has 1 saturated carbocycles. The van der Waals surface area contributed by atoms with E-state index in [4.69, 9.17) is 4.74 Å². The number of ether oxygens (including phenoxy) is 1. The van der Waals surface area contributed by atoms with Gasteiger partial charge in [0, 0.05) is 25.0 Å². The van der Waals surface area contributed by atoms with Crippen molar-refractivity contribution in [3.8, 4) is 0 Å². The van der Waals surface area contributed by atoms with Crippen molar-refractivity contribution in [1.29, 1.82) is 0 Å². The Morgan fingerprint density at radius 2 is 1.76 bits per heavy atom. The van der Waals surface area contributed by atoms with Crippen molar-refractivity contribution in [3.05, 3.63) is 35.6 Å². The van der Waals surface area contributed by atoms with Crippen molar-refractivity contribution >= 4 is 0 Å². The fourth-order valence-corrected chi connectivity index (χ4v) is 3.89. The van der Waals surface area contributed by atoms with Crippen LogP contribution in [0.2, 0.25) is 0 Å². The van der Waals surface area contributed by atoms with Crippen LogP contribution in [-0.4, -0.2) is 48.0 Å². The summed E-state index contributed by atoms with van der Waals surface area (Å²) in [4.78, 5) is 2.43. The van der Waals surface area contributed by atoms with Gasteiger partial charge in [-0.1, -0.05) is 25.0 Å². The predicted molar refractivity (Wildman–Crippen MR) is 79.7 cm³/mol. The number of morpholine rings is 1. The van der Waals surface area contributed by atoms with Crippen LogP contribution >= 0.6 is 0 Å². The topological polar surface area (TPSA) is 32.7 Å². The van der Waals surface area contributed by atoms with Gasteiger partial charge in [0.1, 0.15) is 5.82 Å². The fraction of sp³-hybridized carbons (Fsp3) is 0.647. The molecule has 2 aliphatic rings. The summed E-state index contributed by atoms with van der Waals surface area (Å²) in [5.41, 5.74) is 0.890. The third kappa shape index (κ3) is 3.12. The molecule has 21 heavy (non-hydrogen) atoms. The third-order valence-electron chi connectivity index (χ3n) is 5.07. The zero-order chi connectivity index (χ0) is 14.7. The Morgan fingerprint density at radius 3 is 2.38 bits per heavy atom. The van der Waals surface area contributed by atoms with Gasteiger partial charge in [-0.15, -0.1) is 0 Å². The van der Waals surface area contributed by atoms with Gasteiger partial charge in [0.15, 0.2) is 0 Å². The molecule has 0 amide bonds. The molecule has 116 valence electrons. The van der Waals surface area contributed by atoms with E-state index in [0.717, 1.165) is 44.7 Å². The largest absolute Gasteiger partial charge is 0.391 e. The van der Waals surface area contributed by atoms with Gasteiger partial charge < -0.3 is 9.84 Å². The summed E-state index contributed by atoms with van der Waals surface area (Å²) >= 11 is 0. The second-order valence-electron chi connectivity index (χ2n) is 6.26. The molecule has 1 unspecified atom stereocenters. The van der Waals surface area contributed by atoms with E-state index in [0.29, 0.717) is 6.42 Å². The molecule has 4 heteroatoms. The smallest absolute Gasteiger partial charge is 0.123 e. The minimum Gasteiger partial charge on any atom is -0.391 e. The number of halogens is 1. The molecular formula is C17H24FNO2. The molecule has 3 rings (SSSR count). The molecule has 1 aromatic rings. The molecule has 0 bridgehead atoms. The van der Waals surface area contributed by atoms with Gasteiger partial charge in [-0.05, 0) is 30.5 Å². The lowest BCUT2D eigenvalue weighted by atomic mass is 9.84. The molecule has 2 fully saturated rings. The summed E-state index contributed by atoms with van der Waals surface area (Å²) in [6.07, 6.45) is 4.65. The highest BCUT2D eigenvalue weighted by atomic mass is 19.1. The Kier molecular flexibility index (Phi) is 4.57. The van der Waals surface area contributed by atoms with Crippen molar-refractivity contribution in [2.24, 2.45) is 0 Å². The summed E-state index contributed by atoms with van der Waals surface area (Å²) in [6.45, 7) is 3.32. The number of aliphatic hydroxyl groups is 1. The molecule has 0 radical (unpaired) electrons. The van der Waals surface area contributed by atoms with E-state index in [9.17, 15) is 9.50 Å². The van der Waals surface area contributed by atoms with Gasteiger partial charge in [0.2, 0.25) is 0 Å². The number of aliphatic hydroxyl groups excluding tert-OH is 1. The zero-order valence-electron chi connectivity index (χ0n) is 12.4. The SMILES string of the molecule is OC(Cc1ccc(F)cc1)C1(N2CCOCC2)CCCC1. The molecule has 0 spiro atoms. The molecule has 1 N–H and O–H groups in total. The summed E-state index contributed by atoms with van der Waals surface area (Å²) in [6, 6.07) is 6.50. The second kappa shape index (κ2) is 6.42. The van der Waals surface area contributed by atoms with Crippen LogP contribution in [0.5, 0.6) is 0 Å². The Morgan fingerprint density at radius 1 is 1.14 bits per heavy atom. The molecule has 3 nitrogen and oxygen atoms in total. The minimum atomic E-state index is -0.399. The Balaban J connectivity index is 1.74. The first kappa shape index (κ1) is 14.9. The highest BCUT2D eigenvalue weighted by Crippen LogP contribution is 2.39.